The molecule has 2 rings (SSSR count). The molecule has 1 aliphatic carbocycles. The minimum absolute atomic E-state index is 0.0882. The van der Waals surface area contributed by atoms with Crippen molar-refractivity contribution in [2.45, 2.75) is 38.9 Å². The average molecular weight is 208 g/mol. The molecule has 4 heteroatoms. The second-order valence-electron chi connectivity index (χ2n) is 4.04. The molecule has 0 amide bonds. The fourth-order valence-corrected chi connectivity index (χ4v) is 1.23. The molecule has 1 aromatic rings. The Kier molecular flexibility index (Phi) is 2.66. The summed E-state index contributed by atoms with van der Waals surface area (Å²) in [6.07, 6.45) is 4.35. The van der Waals surface area contributed by atoms with Gasteiger partial charge in [-0.05, 0) is 26.7 Å². The van der Waals surface area contributed by atoms with Gasteiger partial charge >= 0.3 is 0 Å². The van der Waals surface area contributed by atoms with E-state index in [1.54, 1.807) is 12.3 Å². The molecule has 1 fully saturated rings. The smallest absolute Gasteiger partial charge is 0.166 e. The van der Waals surface area contributed by atoms with Crippen LogP contribution >= 0.6 is 0 Å². The fraction of sp³-hybridized carbons (Fsp3) is 0.545. The molecular formula is C11H16N2O2. The van der Waals surface area contributed by atoms with Crippen LogP contribution in [0.15, 0.2) is 12.3 Å². The molecular weight excluding hydrogens is 192 g/mol. The Hall–Kier alpha value is -1.45. The van der Waals surface area contributed by atoms with Crippen LogP contribution in [-0.2, 0) is 0 Å². The SMILES string of the molecule is CC(C)Oc1cc(OC2CC2)cnc1N. The summed E-state index contributed by atoms with van der Waals surface area (Å²) >= 11 is 0. The highest BCUT2D eigenvalue weighted by Crippen LogP contribution is 2.30. The Morgan fingerprint density at radius 1 is 1.47 bits per heavy atom. The maximum atomic E-state index is 5.69. The average Bonchev–Trinajstić information content (AvgIpc) is 2.94. The number of hydrogen-bond donors (Lipinski definition) is 1. The predicted molar refractivity (Wildman–Crippen MR) is 58.1 cm³/mol. The van der Waals surface area contributed by atoms with Crippen molar-refractivity contribution in [2.75, 3.05) is 5.73 Å². The fourth-order valence-electron chi connectivity index (χ4n) is 1.23. The van der Waals surface area contributed by atoms with Gasteiger partial charge in [0.15, 0.2) is 11.6 Å². The number of pyridine rings is 1. The zero-order valence-electron chi connectivity index (χ0n) is 9.06. The Morgan fingerprint density at radius 3 is 2.80 bits per heavy atom. The highest BCUT2D eigenvalue weighted by molar-refractivity contribution is 5.49. The normalized spacial score (nSPS) is 15.4. The van der Waals surface area contributed by atoms with E-state index in [4.69, 9.17) is 15.2 Å². The molecule has 0 unspecified atom stereocenters. The van der Waals surface area contributed by atoms with Crippen molar-refractivity contribution < 1.29 is 9.47 Å². The van der Waals surface area contributed by atoms with Crippen LogP contribution in [-0.4, -0.2) is 17.2 Å². The van der Waals surface area contributed by atoms with Gasteiger partial charge in [-0.25, -0.2) is 4.98 Å². The highest BCUT2D eigenvalue weighted by Gasteiger charge is 2.24. The number of nitrogens with zero attached hydrogens (tertiary/aromatic N) is 1. The Bertz CT molecular complexity index is 348. The van der Waals surface area contributed by atoms with Crippen LogP contribution < -0.4 is 15.2 Å². The van der Waals surface area contributed by atoms with E-state index in [0.29, 0.717) is 17.7 Å². The number of ether oxygens (including phenoxy) is 2. The van der Waals surface area contributed by atoms with Gasteiger partial charge in [0.05, 0.1) is 18.4 Å². The third kappa shape index (κ3) is 2.75. The van der Waals surface area contributed by atoms with Gasteiger partial charge in [0.25, 0.3) is 0 Å². The quantitative estimate of drug-likeness (QED) is 0.822. The molecule has 4 nitrogen and oxygen atoms in total. The molecule has 0 radical (unpaired) electrons. The number of rotatable bonds is 4. The van der Waals surface area contributed by atoms with E-state index >= 15 is 0 Å². The number of nitrogens with two attached hydrogens (primary N) is 1. The van der Waals surface area contributed by atoms with Gasteiger partial charge in [0.1, 0.15) is 5.75 Å². The largest absolute Gasteiger partial charge is 0.489 e. The van der Waals surface area contributed by atoms with Crippen molar-refractivity contribution in [1.29, 1.82) is 0 Å². The minimum Gasteiger partial charge on any atom is -0.489 e. The topological polar surface area (TPSA) is 57.4 Å². The second kappa shape index (κ2) is 3.96. The van der Waals surface area contributed by atoms with Crippen LogP contribution in [0.5, 0.6) is 11.5 Å². The highest BCUT2D eigenvalue weighted by atomic mass is 16.5. The third-order valence-electron chi connectivity index (χ3n) is 2.05. The van der Waals surface area contributed by atoms with Crippen molar-refractivity contribution in [3.8, 4) is 11.5 Å². The summed E-state index contributed by atoms with van der Waals surface area (Å²) in [6.45, 7) is 3.90. The Balaban J connectivity index is 2.11. The summed E-state index contributed by atoms with van der Waals surface area (Å²) < 4.78 is 11.1. The predicted octanol–water partition coefficient (Wildman–Crippen LogP) is 1.99. The third-order valence-corrected chi connectivity index (χ3v) is 2.05. The van der Waals surface area contributed by atoms with E-state index in [0.717, 1.165) is 18.6 Å². The lowest BCUT2D eigenvalue weighted by Crippen LogP contribution is -2.08. The van der Waals surface area contributed by atoms with Crippen molar-refractivity contribution in [2.24, 2.45) is 0 Å². The van der Waals surface area contributed by atoms with Crippen LogP contribution in [0.4, 0.5) is 5.82 Å². The van der Waals surface area contributed by atoms with E-state index in [-0.39, 0.29) is 6.10 Å². The number of nitrogen functional groups attached to an aromatic ring is 1. The maximum Gasteiger partial charge on any atom is 0.166 e. The lowest BCUT2D eigenvalue weighted by Gasteiger charge is -2.12. The van der Waals surface area contributed by atoms with Crippen LogP contribution in [0.25, 0.3) is 0 Å². The lowest BCUT2D eigenvalue weighted by molar-refractivity contribution is 0.239. The summed E-state index contributed by atoms with van der Waals surface area (Å²) in [5.41, 5.74) is 5.69. The van der Waals surface area contributed by atoms with Crippen LogP contribution in [0.1, 0.15) is 26.7 Å². The monoisotopic (exact) mass is 208 g/mol. The molecule has 0 aromatic carbocycles. The first-order chi connectivity index (χ1) is 7.15. The molecule has 0 aliphatic heterocycles. The van der Waals surface area contributed by atoms with Gasteiger partial charge in [0.2, 0.25) is 0 Å². The van der Waals surface area contributed by atoms with Crippen molar-refractivity contribution in [1.82, 2.24) is 4.98 Å². The van der Waals surface area contributed by atoms with E-state index in [1.807, 2.05) is 13.8 Å². The van der Waals surface area contributed by atoms with Gasteiger partial charge in [-0.1, -0.05) is 0 Å². The molecule has 0 spiro atoms. The van der Waals surface area contributed by atoms with Gasteiger partial charge in [-0.2, -0.15) is 0 Å². The lowest BCUT2D eigenvalue weighted by atomic mass is 10.4. The molecule has 1 saturated carbocycles. The van der Waals surface area contributed by atoms with E-state index < -0.39 is 0 Å². The van der Waals surface area contributed by atoms with Gasteiger partial charge < -0.3 is 15.2 Å². The van der Waals surface area contributed by atoms with Crippen molar-refractivity contribution in [3.63, 3.8) is 0 Å². The zero-order valence-corrected chi connectivity index (χ0v) is 9.06. The number of anilines is 1. The minimum atomic E-state index is 0.0882. The maximum absolute atomic E-state index is 5.69. The first kappa shape index (κ1) is 10.1. The molecule has 82 valence electrons. The van der Waals surface area contributed by atoms with Crippen LogP contribution in [0.2, 0.25) is 0 Å². The summed E-state index contributed by atoms with van der Waals surface area (Å²) in [4.78, 5) is 4.04. The molecule has 1 aromatic heterocycles. The first-order valence-corrected chi connectivity index (χ1v) is 5.24. The summed E-state index contributed by atoms with van der Waals surface area (Å²) in [6, 6.07) is 1.81. The number of aromatic nitrogens is 1. The van der Waals surface area contributed by atoms with Gasteiger partial charge in [0, 0.05) is 6.07 Å². The standard InChI is InChI=1S/C11H16N2O2/c1-7(2)14-10-5-9(6-13-11(10)12)15-8-3-4-8/h5-8H,3-4H2,1-2H3,(H2,12,13). The molecule has 0 atom stereocenters. The molecule has 0 saturated heterocycles. The molecule has 15 heavy (non-hydrogen) atoms. The van der Waals surface area contributed by atoms with Crippen LogP contribution in [0, 0.1) is 0 Å². The Morgan fingerprint density at radius 2 is 2.20 bits per heavy atom. The van der Waals surface area contributed by atoms with Crippen LogP contribution in [0.3, 0.4) is 0 Å². The van der Waals surface area contributed by atoms with Crippen molar-refractivity contribution in [3.05, 3.63) is 12.3 Å². The summed E-state index contributed by atoms with van der Waals surface area (Å²) in [7, 11) is 0. The Labute approximate surface area is 89.4 Å². The first-order valence-electron chi connectivity index (χ1n) is 5.24. The summed E-state index contributed by atoms with van der Waals surface area (Å²) in [5.74, 6) is 1.75. The molecule has 1 heterocycles. The number of hydrogen-bond acceptors (Lipinski definition) is 4. The molecule has 1 aliphatic rings. The van der Waals surface area contributed by atoms with Gasteiger partial charge in [-0.15, -0.1) is 0 Å². The molecule has 0 bridgehead atoms. The van der Waals surface area contributed by atoms with Crippen molar-refractivity contribution >= 4 is 5.82 Å². The molecule has 2 N–H and O–H groups in total. The zero-order chi connectivity index (χ0) is 10.8. The van der Waals surface area contributed by atoms with E-state index in [9.17, 15) is 0 Å². The second-order valence-corrected chi connectivity index (χ2v) is 4.04. The summed E-state index contributed by atoms with van der Waals surface area (Å²) in [5, 5.41) is 0. The van der Waals surface area contributed by atoms with Gasteiger partial charge in [-0.3, -0.25) is 0 Å². The van der Waals surface area contributed by atoms with E-state index in [2.05, 4.69) is 4.98 Å². The van der Waals surface area contributed by atoms with E-state index in [1.165, 1.54) is 0 Å².